The second-order valence-electron chi connectivity index (χ2n) is 9.80. The lowest BCUT2D eigenvalue weighted by Crippen LogP contribution is -2.10. The number of aryl methyl sites for hydroxylation is 3. The summed E-state index contributed by atoms with van der Waals surface area (Å²) in [6, 6.07) is 14.8. The Labute approximate surface area is 235 Å². The van der Waals surface area contributed by atoms with Crippen LogP contribution in [-0.2, 0) is 23.0 Å². The Balaban J connectivity index is 1.48. The molecular weight excluding hydrogens is 530 g/mol. The minimum Gasteiger partial charge on any atom is -0.481 e. The van der Waals surface area contributed by atoms with Gasteiger partial charge in [-0.05, 0) is 55.2 Å². The summed E-state index contributed by atoms with van der Waals surface area (Å²) in [5, 5.41) is 14.4. The van der Waals surface area contributed by atoms with Crippen LogP contribution in [0.3, 0.4) is 0 Å². The molecular formula is C31H30F2N4O4. The van der Waals surface area contributed by atoms with E-state index in [0.29, 0.717) is 29.9 Å². The van der Waals surface area contributed by atoms with Crippen LogP contribution in [0.25, 0.3) is 22.3 Å². The highest BCUT2D eigenvalue weighted by Gasteiger charge is 2.24. The second-order valence-corrected chi connectivity index (χ2v) is 9.80. The van der Waals surface area contributed by atoms with E-state index < -0.39 is 23.7 Å². The first kappa shape index (κ1) is 28.0. The summed E-state index contributed by atoms with van der Waals surface area (Å²) in [6.45, 7) is 4.18. The lowest BCUT2D eigenvalue weighted by molar-refractivity contribution is -0.136. The number of benzene rings is 3. The van der Waals surface area contributed by atoms with Crippen LogP contribution in [-0.4, -0.2) is 37.4 Å². The second kappa shape index (κ2) is 11.9. The average molecular weight is 561 g/mol. The number of carboxylic acid groups (broad SMARTS) is 1. The number of ether oxygens (including phenoxy) is 2. The summed E-state index contributed by atoms with van der Waals surface area (Å²) >= 11 is 0. The van der Waals surface area contributed by atoms with Crippen molar-refractivity contribution in [3.63, 3.8) is 0 Å². The lowest BCUT2D eigenvalue weighted by atomic mass is 10.0. The Kier molecular flexibility index (Phi) is 8.11. The van der Waals surface area contributed by atoms with Crippen molar-refractivity contribution in [1.82, 2.24) is 19.7 Å². The van der Waals surface area contributed by atoms with E-state index in [9.17, 15) is 9.18 Å². The van der Waals surface area contributed by atoms with Gasteiger partial charge in [0, 0.05) is 48.8 Å². The molecule has 212 valence electrons. The van der Waals surface area contributed by atoms with Gasteiger partial charge in [-0.1, -0.05) is 31.2 Å². The lowest BCUT2D eigenvalue weighted by Gasteiger charge is -2.16. The molecule has 0 aliphatic heterocycles. The van der Waals surface area contributed by atoms with Gasteiger partial charge in [-0.25, -0.2) is 18.4 Å². The number of nitrogens with zero attached hydrogens (tertiary/aromatic N) is 3. The molecule has 10 heteroatoms. The molecule has 2 heterocycles. The molecule has 2 N–H and O–H groups in total. The summed E-state index contributed by atoms with van der Waals surface area (Å²) < 4.78 is 43.5. The number of halogens is 2. The number of aromatic nitrogens is 4. The van der Waals surface area contributed by atoms with E-state index in [1.165, 1.54) is 28.9 Å². The first-order valence-electron chi connectivity index (χ1n) is 13.3. The van der Waals surface area contributed by atoms with Crippen LogP contribution < -0.4 is 4.74 Å². The molecule has 0 fully saturated rings. The molecule has 0 bridgehead atoms. The topological polar surface area (TPSA) is 102 Å². The number of fused-ring (bicyclic) bond motifs is 1. The van der Waals surface area contributed by atoms with Gasteiger partial charge in [-0.2, -0.15) is 5.10 Å². The number of hydrogen-bond donors (Lipinski definition) is 2. The molecule has 1 atom stereocenters. The smallest absolute Gasteiger partial charge is 0.303 e. The number of carbonyl (C=O) groups is 1. The van der Waals surface area contributed by atoms with Gasteiger partial charge in [0.05, 0.1) is 5.56 Å². The number of aromatic amines is 1. The van der Waals surface area contributed by atoms with Crippen molar-refractivity contribution in [3.8, 4) is 22.9 Å². The predicted molar refractivity (Wildman–Crippen MR) is 150 cm³/mol. The van der Waals surface area contributed by atoms with Crippen molar-refractivity contribution in [1.29, 1.82) is 0 Å². The molecule has 2 aromatic heterocycles. The SMILES string of the molecule is CCCOC(c1cccc(CCC(=O)O)c1)c1nc(-c2cc(Oc3c(F)cc4[nH]ccc4c3C)ccc2F)n(C)n1. The van der Waals surface area contributed by atoms with Crippen LogP contribution >= 0.6 is 0 Å². The quantitative estimate of drug-likeness (QED) is 0.183. The average Bonchev–Trinajstić information content (AvgIpc) is 3.58. The van der Waals surface area contributed by atoms with Crippen molar-refractivity contribution in [3.05, 3.63) is 94.9 Å². The normalized spacial score (nSPS) is 12.1. The maximum Gasteiger partial charge on any atom is 0.303 e. The van der Waals surface area contributed by atoms with Crippen LogP contribution in [0.2, 0.25) is 0 Å². The molecule has 0 amide bonds. The molecule has 0 radical (unpaired) electrons. The highest BCUT2D eigenvalue weighted by Crippen LogP contribution is 2.36. The number of nitrogens with one attached hydrogen (secondary N) is 1. The molecule has 0 saturated heterocycles. The monoisotopic (exact) mass is 560 g/mol. The van der Waals surface area contributed by atoms with Gasteiger partial charge in [-0.15, -0.1) is 0 Å². The largest absolute Gasteiger partial charge is 0.481 e. The van der Waals surface area contributed by atoms with Gasteiger partial charge in [0.2, 0.25) is 0 Å². The molecule has 8 nitrogen and oxygen atoms in total. The molecule has 5 aromatic rings. The Hall–Kier alpha value is -4.57. The van der Waals surface area contributed by atoms with Gasteiger partial charge in [-0.3, -0.25) is 4.79 Å². The first-order valence-corrected chi connectivity index (χ1v) is 13.3. The molecule has 0 aliphatic carbocycles. The Morgan fingerprint density at radius 3 is 2.73 bits per heavy atom. The Bertz CT molecular complexity index is 1710. The van der Waals surface area contributed by atoms with Crippen LogP contribution in [0.15, 0.2) is 60.8 Å². The van der Waals surface area contributed by atoms with E-state index in [1.54, 1.807) is 20.2 Å². The molecule has 41 heavy (non-hydrogen) atoms. The van der Waals surface area contributed by atoms with Gasteiger partial charge >= 0.3 is 5.97 Å². The number of rotatable bonds is 11. The summed E-state index contributed by atoms with van der Waals surface area (Å²) in [6.07, 6.45) is 2.22. The van der Waals surface area contributed by atoms with Gasteiger partial charge in [0.1, 0.15) is 17.7 Å². The van der Waals surface area contributed by atoms with Gasteiger partial charge in [0.15, 0.2) is 23.2 Å². The van der Waals surface area contributed by atoms with Crippen molar-refractivity contribution in [2.24, 2.45) is 7.05 Å². The molecule has 0 aliphatic rings. The zero-order valence-electron chi connectivity index (χ0n) is 22.9. The maximum atomic E-state index is 15.1. The predicted octanol–water partition coefficient (Wildman–Crippen LogP) is 6.88. The number of H-pyrrole nitrogens is 1. The molecule has 5 rings (SSSR count). The third kappa shape index (κ3) is 5.97. The zero-order valence-corrected chi connectivity index (χ0v) is 22.9. The Morgan fingerprint density at radius 1 is 1.12 bits per heavy atom. The van der Waals surface area contributed by atoms with Gasteiger partial charge < -0.3 is 19.6 Å². The summed E-state index contributed by atoms with van der Waals surface area (Å²) in [4.78, 5) is 18.7. The third-order valence-electron chi connectivity index (χ3n) is 6.79. The minimum atomic E-state index is -0.874. The number of hydrogen-bond acceptors (Lipinski definition) is 5. The summed E-state index contributed by atoms with van der Waals surface area (Å²) in [5.41, 5.74) is 3.03. The molecule has 0 saturated carbocycles. The summed E-state index contributed by atoms with van der Waals surface area (Å²) in [7, 11) is 1.66. The van der Waals surface area contributed by atoms with Crippen molar-refractivity contribution in [2.75, 3.05) is 6.61 Å². The van der Waals surface area contributed by atoms with E-state index in [0.717, 1.165) is 22.9 Å². The number of aliphatic carboxylic acids is 1. The molecule has 0 spiro atoms. The Morgan fingerprint density at radius 2 is 1.95 bits per heavy atom. The maximum absolute atomic E-state index is 15.1. The third-order valence-corrected chi connectivity index (χ3v) is 6.79. The molecule has 1 unspecified atom stereocenters. The van der Waals surface area contributed by atoms with Crippen molar-refractivity contribution in [2.45, 2.75) is 39.2 Å². The zero-order chi connectivity index (χ0) is 29.1. The van der Waals surface area contributed by atoms with E-state index in [1.807, 2.05) is 37.3 Å². The fourth-order valence-electron chi connectivity index (χ4n) is 4.77. The number of carboxylic acids is 1. The van der Waals surface area contributed by atoms with Crippen molar-refractivity contribution >= 4 is 16.9 Å². The standard InChI is InChI=1S/C31H30F2N4O4/c1-4-14-40-29(20-7-5-6-19(15-20)8-11-27(38)39)30-35-31(37(3)36-30)23-16-21(9-10-24(23)32)41-28-18(2)22-12-13-34-26(22)17-25(28)33/h5-7,9-10,12-13,15-17,29,34H,4,8,11,14H2,1-3H3,(H,38,39). The van der Waals surface area contributed by atoms with E-state index >= 15 is 4.39 Å². The fourth-order valence-corrected chi connectivity index (χ4v) is 4.77. The van der Waals surface area contributed by atoms with E-state index in [4.69, 9.17) is 14.6 Å². The van der Waals surface area contributed by atoms with Crippen LogP contribution in [0.5, 0.6) is 11.5 Å². The van der Waals surface area contributed by atoms with E-state index in [2.05, 4.69) is 15.1 Å². The first-order chi connectivity index (χ1) is 19.7. The highest BCUT2D eigenvalue weighted by molar-refractivity contribution is 5.85. The highest BCUT2D eigenvalue weighted by atomic mass is 19.1. The van der Waals surface area contributed by atoms with E-state index in [-0.39, 0.29) is 29.3 Å². The van der Waals surface area contributed by atoms with Gasteiger partial charge in [0.25, 0.3) is 0 Å². The fraction of sp³-hybridized carbons (Fsp3) is 0.258. The molecule has 3 aromatic carbocycles. The van der Waals surface area contributed by atoms with Crippen molar-refractivity contribution < 1.29 is 28.2 Å². The summed E-state index contributed by atoms with van der Waals surface area (Å²) in [5.74, 6) is -1.08. The van der Waals surface area contributed by atoms with Crippen LogP contribution in [0.4, 0.5) is 8.78 Å². The van der Waals surface area contributed by atoms with Crippen LogP contribution in [0.1, 0.15) is 48.4 Å². The van der Waals surface area contributed by atoms with Crippen LogP contribution in [0, 0.1) is 18.6 Å². The minimum absolute atomic E-state index is 0.0100.